The van der Waals surface area contributed by atoms with Crippen LogP contribution in [-0.4, -0.2) is 11.8 Å². The fraction of sp³-hybridized carbons (Fsp3) is 0.154. The fourth-order valence-electron chi connectivity index (χ4n) is 1.77. The number of fused-ring (bicyclic) bond motifs is 1. The molecule has 0 fully saturated rings. The van der Waals surface area contributed by atoms with Crippen molar-refractivity contribution in [3.63, 3.8) is 0 Å². The lowest BCUT2D eigenvalue weighted by molar-refractivity contribution is 0.174. The quantitative estimate of drug-likeness (QED) is 0.946. The average molecular weight is 307 g/mol. The zero-order valence-electron chi connectivity index (χ0n) is 9.52. The van der Waals surface area contributed by atoms with Crippen LogP contribution >= 0.6 is 15.9 Å². The Kier molecular flexibility index (Phi) is 3.06. The van der Waals surface area contributed by atoms with Gasteiger partial charge in [0.05, 0.1) is 10.2 Å². The van der Waals surface area contributed by atoms with Gasteiger partial charge < -0.3 is 14.8 Å². The molecule has 3 rings (SSSR count). The third-order valence-corrected chi connectivity index (χ3v) is 3.32. The maximum absolute atomic E-state index is 5.35. The monoisotopic (exact) mass is 306 g/mol. The Morgan fingerprint density at radius 3 is 3.00 bits per heavy atom. The minimum absolute atomic E-state index is 0.308. The number of aromatic nitrogens is 1. The number of hydrogen-bond acceptors (Lipinski definition) is 4. The topological polar surface area (TPSA) is 43.4 Å². The molecule has 0 bridgehead atoms. The van der Waals surface area contributed by atoms with E-state index in [-0.39, 0.29) is 0 Å². The second-order valence-electron chi connectivity index (χ2n) is 3.90. The minimum Gasteiger partial charge on any atom is -0.454 e. The van der Waals surface area contributed by atoms with E-state index in [1.807, 2.05) is 24.3 Å². The van der Waals surface area contributed by atoms with E-state index in [0.717, 1.165) is 33.8 Å². The molecule has 0 radical (unpaired) electrons. The number of pyridine rings is 1. The lowest BCUT2D eigenvalue weighted by Gasteiger charge is -2.08. The Morgan fingerprint density at radius 1 is 1.22 bits per heavy atom. The molecule has 0 atom stereocenters. The summed E-state index contributed by atoms with van der Waals surface area (Å²) in [6, 6.07) is 7.87. The Labute approximate surface area is 113 Å². The Bertz CT molecular complexity index is 575. The van der Waals surface area contributed by atoms with E-state index in [0.29, 0.717) is 6.79 Å². The van der Waals surface area contributed by atoms with Gasteiger partial charge in [-0.2, -0.15) is 0 Å². The number of benzene rings is 1. The van der Waals surface area contributed by atoms with E-state index in [9.17, 15) is 0 Å². The minimum atomic E-state index is 0.308. The molecule has 2 aromatic rings. The molecule has 1 N–H and O–H groups in total. The van der Waals surface area contributed by atoms with Gasteiger partial charge in [-0.15, -0.1) is 0 Å². The highest BCUT2D eigenvalue weighted by Crippen LogP contribution is 2.32. The van der Waals surface area contributed by atoms with Crippen LogP contribution in [0.2, 0.25) is 0 Å². The van der Waals surface area contributed by atoms with E-state index in [1.165, 1.54) is 0 Å². The molecule has 5 heteroatoms. The van der Waals surface area contributed by atoms with Gasteiger partial charge in [-0.25, -0.2) is 0 Å². The van der Waals surface area contributed by atoms with Crippen molar-refractivity contribution < 1.29 is 9.47 Å². The van der Waals surface area contributed by atoms with Crippen LogP contribution in [0.5, 0.6) is 11.5 Å². The third kappa shape index (κ3) is 2.26. The Balaban J connectivity index is 1.72. The van der Waals surface area contributed by atoms with Crippen LogP contribution < -0.4 is 14.8 Å². The summed E-state index contributed by atoms with van der Waals surface area (Å²) in [6.45, 7) is 1.03. The van der Waals surface area contributed by atoms with Gasteiger partial charge in [0, 0.05) is 18.9 Å². The summed E-state index contributed by atoms with van der Waals surface area (Å²) in [7, 11) is 0. The molecule has 0 unspecified atom stereocenters. The molecule has 18 heavy (non-hydrogen) atoms. The number of rotatable bonds is 3. The van der Waals surface area contributed by atoms with E-state index in [1.54, 1.807) is 12.4 Å². The normalized spacial score (nSPS) is 12.5. The van der Waals surface area contributed by atoms with Crippen LogP contribution in [0.4, 0.5) is 5.69 Å². The predicted octanol–water partition coefficient (Wildman–Crippen LogP) is 3.18. The summed E-state index contributed by atoms with van der Waals surface area (Å²) in [5.41, 5.74) is 2.16. The number of halogens is 1. The SMILES string of the molecule is Brc1cnccc1NCc1ccc2c(c1)OCO2. The van der Waals surface area contributed by atoms with Gasteiger partial charge in [-0.3, -0.25) is 4.98 Å². The van der Waals surface area contributed by atoms with Crippen molar-refractivity contribution in [2.75, 3.05) is 12.1 Å². The largest absolute Gasteiger partial charge is 0.454 e. The van der Waals surface area contributed by atoms with Gasteiger partial charge in [0.15, 0.2) is 11.5 Å². The maximum Gasteiger partial charge on any atom is 0.231 e. The van der Waals surface area contributed by atoms with Crippen molar-refractivity contribution in [3.05, 3.63) is 46.7 Å². The van der Waals surface area contributed by atoms with Gasteiger partial charge in [0.2, 0.25) is 6.79 Å². The highest BCUT2D eigenvalue weighted by atomic mass is 79.9. The van der Waals surface area contributed by atoms with Gasteiger partial charge in [-0.1, -0.05) is 6.07 Å². The Hall–Kier alpha value is -1.75. The van der Waals surface area contributed by atoms with Crippen molar-refractivity contribution in [1.29, 1.82) is 0 Å². The highest BCUT2D eigenvalue weighted by molar-refractivity contribution is 9.10. The zero-order valence-corrected chi connectivity index (χ0v) is 11.1. The lowest BCUT2D eigenvalue weighted by atomic mass is 10.2. The van der Waals surface area contributed by atoms with Crippen molar-refractivity contribution in [1.82, 2.24) is 4.98 Å². The molecule has 0 saturated carbocycles. The molecule has 0 saturated heterocycles. The van der Waals surface area contributed by atoms with E-state index >= 15 is 0 Å². The van der Waals surface area contributed by atoms with Crippen LogP contribution in [0, 0.1) is 0 Å². The molecule has 4 nitrogen and oxygen atoms in total. The third-order valence-electron chi connectivity index (χ3n) is 2.69. The van der Waals surface area contributed by atoms with Crippen molar-refractivity contribution in [3.8, 4) is 11.5 Å². The summed E-state index contributed by atoms with van der Waals surface area (Å²) in [5.74, 6) is 1.62. The van der Waals surface area contributed by atoms with Crippen LogP contribution in [0.25, 0.3) is 0 Å². The fourth-order valence-corrected chi connectivity index (χ4v) is 2.16. The molecule has 92 valence electrons. The summed E-state index contributed by atoms with van der Waals surface area (Å²) < 4.78 is 11.6. The lowest BCUT2D eigenvalue weighted by Crippen LogP contribution is -2.00. The van der Waals surface area contributed by atoms with Gasteiger partial charge in [0.1, 0.15) is 0 Å². The first-order valence-electron chi connectivity index (χ1n) is 5.55. The predicted molar refractivity (Wildman–Crippen MR) is 71.8 cm³/mol. The molecule has 1 aromatic heterocycles. The first-order chi connectivity index (χ1) is 8.83. The van der Waals surface area contributed by atoms with Gasteiger partial charge in [0.25, 0.3) is 0 Å². The van der Waals surface area contributed by atoms with Crippen LogP contribution in [0.1, 0.15) is 5.56 Å². The van der Waals surface area contributed by atoms with Crippen molar-refractivity contribution in [2.45, 2.75) is 6.54 Å². The molecule has 1 aromatic carbocycles. The molecule has 0 spiro atoms. The summed E-state index contributed by atoms with van der Waals surface area (Å²) in [5, 5.41) is 3.34. The Morgan fingerprint density at radius 2 is 2.11 bits per heavy atom. The smallest absolute Gasteiger partial charge is 0.231 e. The highest BCUT2D eigenvalue weighted by Gasteiger charge is 2.12. The first kappa shape index (κ1) is 11.3. The number of nitrogens with one attached hydrogen (secondary N) is 1. The second-order valence-corrected chi connectivity index (χ2v) is 4.75. The summed E-state index contributed by atoms with van der Waals surface area (Å²) in [6.07, 6.45) is 3.52. The van der Waals surface area contributed by atoms with Crippen molar-refractivity contribution in [2.24, 2.45) is 0 Å². The zero-order chi connectivity index (χ0) is 12.4. The van der Waals surface area contributed by atoms with Crippen molar-refractivity contribution >= 4 is 21.6 Å². The molecule has 0 amide bonds. The summed E-state index contributed by atoms with van der Waals surface area (Å²) >= 11 is 3.45. The van der Waals surface area contributed by atoms with Crippen LogP contribution in [0.15, 0.2) is 41.1 Å². The number of ether oxygens (including phenoxy) is 2. The molecule has 1 aliphatic heterocycles. The first-order valence-corrected chi connectivity index (χ1v) is 6.34. The number of nitrogens with zero attached hydrogens (tertiary/aromatic N) is 1. The molecule has 2 heterocycles. The maximum atomic E-state index is 5.35. The van der Waals surface area contributed by atoms with Crippen LogP contribution in [-0.2, 0) is 6.54 Å². The van der Waals surface area contributed by atoms with Gasteiger partial charge >= 0.3 is 0 Å². The molecule has 0 aliphatic carbocycles. The molecular formula is C13H11BrN2O2. The summed E-state index contributed by atoms with van der Waals surface area (Å²) in [4.78, 5) is 4.02. The molecular weight excluding hydrogens is 296 g/mol. The van der Waals surface area contributed by atoms with E-state index in [2.05, 4.69) is 26.2 Å². The van der Waals surface area contributed by atoms with Crippen LogP contribution in [0.3, 0.4) is 0 Å². The van der Waals surface area contributed by atoms with E-state index < -0.39 is 0 Å². The average Bonchev–Trinajstić information content (AvgIpc) is 2.85. The van der Waals surface area contributed by atoms with Gasteiger partial charge in [-0.05, 0) is 39.7 Å². The second kappa shape index (κ2) is 4.86. The molecule has 1 aliphatic rings. The standard InChI is InChI=1S/C13H11BrN2O2/c14-10-7-15-4-3-11(10)16-6-9-1-2-12-13(5-9)18-8-17-12/h1-5,7H,6,8H2,(H,15,16). The number of hydrogen-bond donors (Lipinski definition) is 1. The number of anilines is 1. The van der Waals surface area contributed by atoms with E-state index in [4.69, 9.17) is 9.47 Å².